The molecule has 0 saturated heterocycles. The molecule has 102 valence electrons. The smallest absolute Gasteiger partial charge is 0.122 e. The summed E-state index contributed by atoms with van der Waals surface area (Å²) < 4.78 is 11.2. The van der Waals surface area contributed by atoms with Crippen LogP contribution in [0.1, 0.15) is 32.8 Å². The maximum atomic E-state index is 6.32. The molecule has 0 heterocycles. The van der Waals surface area contributed by atoms with Crippen molar-refractivity contribution in [3.05, 3.63) is 29.8 Å². The van der Waals surface area contributed by atoms with E-state index in [-0.39, 0.29) is 11.6 Å². The van der Waals surface area contributed by atoms with Crippen LogP contribution in [0.4, 0.5) is 0 Å². The molecule has 3 heteroatoms. The highest BCUT2D eigenvalue weighted by Crippen LogP contribution is 2.25. The van der Waals surface area contributed by atoms with Gasteiger partial charge in [-0.15, -0.1) is 0 Å². The molecule has 0 aliphatic heterocycles. The number of ether oxygens (including phenoxy) is 2. The molecule has 0 aliphatic carbocycles. The molecule has 0 fully saturated rings. The first-order valence-electron chi connectivity index (χ1n) is 6.58. The summed E-state index contributed by atoms with van der Waals surface area (Å²) >= 11 is 0. The number of benzene rings is 1. The van der Waals surface area contributed by atoms with E-state index in [4.69, 9.17) is 15.2 Å². The average molecular weight is 251 g/mol. The summed E-state index contributed by atoms with van der Waals surface area (Å²) in [6.45, 7) is 6.88. The SMILES string of the molecule is CCOC(C)(CC)C(N)Cc1ccccc1OC. The van der Waals surface area contributed by atoms with Crippen molar-refractivity contribution in [1.82, 2.24) is 0 Å². The summed E-state index contributed by atoms with van der Waals surface area (Å²) in [5.74, 6) is 0.892. The fourth-order valence-corrected chi connectivity index (χ4v) is 2.13. The van der Waals surface area contributed by atoms with Crippen molar-refractivity contribution in [1.29, 1.82) is 0 Å². The number of hydrogen-bond acceptors (Lipinski definition) is 3. The molecule has 1 rings (SSSR count). The zero-order chi connectivity index (χ0) is 13.6. The summed E-state index contributed by atoms with van der Waals surface area (Å²) in [6, 6.07) is 7.95. The molecule has 0 saturated carbocycles. The molecular weight excluding hydrogens is 226 g/mol. The quantitative estimate of drug-likeness (QED) is 0.810. The van der Waals surface area contributed by atoms with Gasteiger partial charge in [-0.2, -0.15) is 0 Å². The molecule has 1 aromatic carbocycles. The van der Waals surface area contributed by atoms with E-state index in [1.165, 1.54) is 0 Å². The van der Waals surface area contributed by atoms with Crippen LogP contribution in [-0.2, 0) is 11.2 Å². The number of para-hydroxylation sites is 1. The summed E-state index contributed by atoms with van der Waals surface area (Å²) in [7, 11) is 1.69. The fourth-order valence-electron chi connectivity index (χ4n) is 2.13. The van der Waals surface area contributed by atoms with Gasteiger partial charge in [0.15, 0.2) is 0 Å². The summed E-state index contributed by atoms with van der Waals surface area (Å²) in [5, 5.41) is 0. The third-order valence-corrected chi connectivity index (χ3v) is 3.59. The molecule has 3 nitrogen and oxygen atoms in total. The third kappa shape index (κ3) is 3.47. The minimum atomic E-state index is -0.282. The van der Waals surface area contributed by atoms with E-state index < -0.39 is 0 Å². The zero-order valence-corrected chi connectivity index (χ0v) is 11.9. The normalized spacial score (nSPS) is 16.1. The van der Waals surface area contributed by atoms with Crippen molar-refractivity contribution in [3.63, 3.8) is 0 Å². The van der Waals surface area contributed by atoms with Crippen molar-refractivity contribution in [2.24, 2.45) is 5.73 Å². The Balaban J connectivity index is 2.82. The number of rotatable bonds is 7. The van der Waals surface area contributed by atoms with Gasteiger partial charge in [0.05, 0.1) is 12.7 Å². The molecule has 0 aromatic heterocycles. The molecule has 0 bridgehead atoms. The molecular formula is C15H25NO2. The first-order valence-corrected chi connectivity index (χ1v) is 6.58. The first kappa shape index (κ1) is 15.0. The van der Waals surface area contributed by atoms with Crippen LogP contribution in [0, 0.1) is 0 Å². The Bertz CT molecular complexity index is 367. The van der Waals surface area contributed by atoms with E-state index in [1.54, 1.807) is 7.11 Å². The van der Waals surface area contributed by atoms with Gasteiger partial charge in [0.2, 0.25) is 0 Å². The standard InChI is InChI=1S/C15H25NO2/c1-5-15(3,18-6-2)14(16)11-12-9-7-8-10-13(12)17-4/h7-10,14H,5-6,11,16H2,1-4H3. The Morgan fingerprint density at radius 3 is 2.50 bits per heavy atom. The lowest BCUT2D eigenvalue weighted by molar-refractivity contribution is -0.0462. The van der Waals surface area contributed by atoms with Crippen LogP contribution < -0.4 is 10.5 Å². The minimum absolute atomic E-state index is 0.0428. The molecule has 2 unspecified atom stereocenters. The first-order chi connectivity index (χ1) is 8.57. The van der Waals surface area contributed by atoms with Gasteiger partial charge in [-0.05, 0) is 38.3 Å². The summed E-state index contributed by atoms with van der Waals surface area (Å²) in [4.78, 5) is 0. The maximum Gasteiger partial charge on any atom is 0.122 e. The van der Waals surface area contributed by atoms with E-state index in [1.807, 2.05) is 25.1 Å². The van der Waals surface area contributed by atoms with Gasteiger partial charge in [-0.1, -0.05) is 25.1 Å². The maximum absolute atomic E-state index is 6.32. The summed E-state index contributed by atoms with van der Waals surface area (Å²) in [6.07, 6.45) is 1.66. The van der Waals surface area contributed by atoms with E-state index in [2.05, 4.69) is 19.9 Å². The van der Waals surface area contributed by atoms with Gasteiger partial charge >= 0.3 is 0 Å². The second-order valence-electron chi connectivity index (χ2n) is 4.72. The molecule has 0 amide bonds. The second kappa shape index (κ2) is 6.76. The van der Waals surface area contributed by atoms with Crippen LogP contribution >= 0.6 is 0 Å². The Labute approximate surface area is 110 Å². The van der Waals surface area contributed by atoms with E-state index in [9.17, 15) is 0 Å². The third-order valence-electron chi connectivity index (χ3n) is 3.59. The zero-order valence-electron chi connectivity index (χ0n) is 11.9. The largest absolute Gasteiger partial charge is 0.496 e. The predicted molar refractivity (Wildman–Crippen MR) is 75.0 cm³/mol. The molecule has 0 radical (unpaired) electrons. The van der Waals surface area contributed by atoms with Gasteiger partial charge in [0.25, 0.3) is 0 Å². The van der Waals surface area contributed by atoms with Gasteiger partial charge in [-0.3, -0.25) is 0 Å². The highest BCUT2D eigenvalue weighted by Gasteiger charge is 2.30. The van der Waals surface area contributed by atoms with Crippen molar-refractivity contribution in [2.45, 2.75) is 45.3 Å². The van der Waals surface area contributed by atoms with Crippen LogP contribution in [0.2, 0.25) is 0 Å². The van der Waals surface area contributed by atoms with Gasteiger partial charge in [0.1, 0.15) is 5.75 Å². The Morgan fingerprint density at radius 1 is 1.28 bits per heavy atom. The predicted octanol–water partition coefficient (Wildman–Crippen LogP) is 2.77. The van der Waals surface area contributed by atoms with Crippen LogP contribution in [-0.4, -0.2) is 25.4 Å². The molecule has 1 aromatic rings. The van der Waals surface area contributed by atoms with Gasteiger partial charge < -0.3 is 15.2 Å². The highest BCUT2D eigenvalue weighted by molar-refractivity contribution is 5.34. The van der Waals surface area contributed by atoms with Gasteiger partial charge in [-0.25, -0.2) is 0 Å². The Hall–Kier alpha value is -1.06. The lowest BCUT2D eigenvalue weighted by Crippen LogP contribution is -2.48. The molecule has 2 atom stereocenters. The average Bonchev–Trinajstić information content (AvgIpc) is 2.39. The minimum Gasteiger partial charge on any atom is -0.496 e. The molecule has 0 spiro atoms. The van der Waals surface area contributed by atoms with Crippen LogP contribution in [0.15, 0.2) is 24.3 Å². The van der Waals surface area contributed by atoms with Crippen LogP contribution in [0.25, 0.3) is 0 Å². The van der Waals surface area contributed by atoms with Crippen molar-refractivity contribution in [2.75, 3.05) is 13.7 Å². The van der Waals surface area contributed by atoms with Gasteiger partial charge in [0, 0.05) is 12.6 Å². The van der Waals surface area contributed by atoms with E-state index in [0.717, 1.165) is 24.2 Å². The van der Waals surface area contributed by atoms with Crippen molar-refractivity contribution in [3.8, 4) is 5.75 Å². The number of hydrogen-bond donors (Lipinski definition) is 1. The Morgan fingerprint density at radius 2 is 1.94 bits per heavy atom. The number of methoxy groups -OCH3 is 1. The molecule has 18 heavy (non-hydrogen) atoms. The number of nitrogens with two attached hydrogens (primary N) is 1. The summed E-state index contributed by atoms with van der Waals surface area (Å²) in [5.41, 5.74) is 7.17. The van der Waals surface area contributed by atoms with Crippen LogP contribution in [0.3, 0.4) is 0 Å². The van der Waals surface area contributed by atoms with Crippen molar-refractivity contribution < 1.29 is 9.47 Å². The van der Waals surface area contributed by atoms with E-state index >= 15 is 0 Å². The van der Waals surface area contributed by atoms with Crippen molar-refractivity contribution >= 4 is 0 Å². The topological polar surface area (TPSA) is 44.5 Å². The highest BCUT2D eigenvalue weighted by atomic mass is 16.5. The lowest BCUT2D eigenvalue weighted by atomic mass is 9.88. The Kier molecular flexibility index (Phi) is 5.63. The van der Waals surface area contributed by atoms with E-state index in [0.29, 0.717) is 6.61 Å². The van der Waals surface area contributed by atoms with Crippen LogP contribution in [0.5, 0.6) is 5.75 Å². The fraction of sp³-hybridized carbons (Fsp3) is 0.600. The molecule has 2 N–H and O–H groups in total. The molecule has 0 aliphatic rings. The monoisotopic (exact) mass is 251 g/mol. The lowest BCUT2D eigenvalue weighted by Gasteiger charge is -2.34. The second-order valence-corrected chi connectivity index (χ2v) is 4.72.